The van der Waals surface area contributed by atoms with Gasteiger partial charge in [-0.25, -0.2) is 0 Å². The lowest BCUT2D eigenvalue weighted by atomic mass is 10.1. The summed E-state index contributed by atoms with van der Waals surface area (Å²) >= 11 is 0. The second-order valence-electron chi connectivity index (χ2n) is 4.04. The number of hydrogen-bond acceptors (Lipinski definition) is 1. The summed E-state index contributed by atoms with van der Waals surface area (Å²) in [4.78, 5) is 0. The monoisotopic (exact) mass is 164 g/mol. The zero-order valence-electron chi connectivity index (χ0n) is 8.04. The quantitative estimate of drug-likeness (QED) is 0.657. The minimum Gasteiger partial charge on any atom is -0.266 e. The van der Waals surface area contributed by atoms with Gasteiger partial charge in [0, 0.05) is 5.69 Å². The Morgan fingerprint density at radius 1 is 1.50 bits per heavy atom. The van der Waals surface area contributed by atoms with Crippen molar-refractivity contribution in [1.82, 2.24) is 9.78 Å². The molecule has 12 heavy (non-hydrogen) atoms. The molecule has 0 atom stereocenters. The van der Waals surface area contributed by atoms with Crippen molar-refractivity contribution >= 4 is 0 Å². The lowest BCUT2D eigenvalue weighted by Gasteiger charge is -2.07. The van der Waals surface area contributed by atoms with E-state index in [1.54, 1.807) is 0 Å². The Balaban J connectivity index is 2.36. The molecular weight excluding hydrogens is 148 g/mol. The van der Waals surface area contributed by atoms with Gasteiger partial charge in [-0.2, -0.15) is 5.10 Å². The van der Waals surface area contributed by atoms with Crippen LogP contribution in [-0.4, -0.2) is 9.78 Å². The van der Waals surface area contributed by atoms with Crippen molar-refractivity contribution in [2.45, 2.75) is 45.6 Å². The molecule has 1 saturated carbocycles. The molecule has 0 aliphatic heterocycles. The number of hydrogen-bond donors (Lipinski definition) is 0. The first-order chi connectivity index (χ1) is 5.68. The molecule has 1 fully saturated rings. The van der Waals surface area contributed by atoms with Gasteiger partial charge < -0.3 is 0 Å². The molecule has 0 bridgehead atoms. The van der Waals surface area contributed by atoms with Gasteiger partial charge in [0.05, 0.1) is 11.7 Å². The summed E-state index contributed by atoms with van der Waals surface area (Å²) in [6, 6.07) is 2.93. The summed E-state index contributed by atoms with van der Waals surface area (Å²) in [6.45, 7) is 6.54. The van der Waals surface area contributed by atoms with Gasteiger partial charge in [-0.1, -0.05) is 13.8 Å². The van der Waals surface area contributed by atoms with E-state index >= 15 is 0 Å². The van der Waals surface area contributed by atoms with E-state index in [9.17, 15) is 0 Å². The van der Waals surface area contributed by atoms with E-state index in [4.69, 9.17) is 0 Å². The molecule has 1 heterocycles. The van der Waals surface area contributed by atoms with Crippen molar-refractivity contribution in [3.8, 4) is 0 Å². The van der Waals surface area contributed by atoms with Crippen LogP contribution in [0.15, 0.2) is 6.07 Å². The maximum Gasteiger partial charge on any atom is 0.0596 e. The summed E-state index contributed by atoms with van der Waals surface area (Å²) in [7, 11) is 0. The second kappa shape index (κ2) is 2.61. The third-order valence-electron chi connectivity index (χ3n) is 2.37. The second-order valence-corrected chi connectivity index (χ2v) is 4.04. The van der Waals surface area contributed by atoms with Crippen LogP contribution in [0.25, 0.3) is 0 Å². The van der Waals surface area contributed by atoms with Gasteiger partial charge >= 0.3 is 0 Å². The normalized spacial score (nSPS) is 17.3. The highest BCUT2D eigenvalue weighted by atomic mass is 15.3. The highest BCUT2D eigenvalue weighted by molar-refractivity contribution is 5.14. The van der Waals surface area contributed by atoms with E-state index in [0.29, 0.717) is 5.92 Å². The largest absolute Gasteiger partial charge is 0.266 e. The Morgan fingerprint density at radius 2 is 2.17 bits per heavy atom. The standard InChI is InChI=1S/C10H16N2/c1-7(2)10-6-8(3)11-12(10)9-4-5-9/h6-7,9H,4-5H2,1-3H3. The van der Waals surface area contributed by atoms with E-state index in [1.807, 2.05) is 0 Å². The molecule has 1 aromatic heterocycles. The van der Waals surface area contributed by atoms with Crippen LogP contribution < -0.4 is 0 Å². The van der Waals surface area contributed by atoms with Crippen LogP contribution in [0.1, 0.15) is 50.0 Å². The maximum absolute atomic E-state index is 4.51. The molecule has 0 aromatic carbocycles. The zero-order chi connectivity index (χ0) is 8.72. The number of aromatic nitrogens is 2. The first-order valence-electron chi connectivity index (χ1n) is 4.74. The summed E-state index contributed by atoms with van der Waals surface area (Å²) in [5.74, 6) is 0.604. The molecule has 0 unspecified atom stereocenters. The molecule has 1 aliphatic carbocycles. The van der Waals surface area contributed by atoms with E-state index in [0.717, 1.165) is 11.7 Å². The van der Waals surface area contributed by atoms with Gasteiger partial charge in [0.15, 0.2) is 0 Å². The van der Waals surface area contributed by atoms with Crippen molar-refractivity contribution < 1.29 is 0 Å². The average molecular weight is 164 g/mol. The van der Waals surface area contributed by atoms with Crippen LogP contribution in [0.5, 0.6) is 0 Å². The fraction of sp³-hybridized carbons (Fsp3) is 0.700. The van der Waals surface area contributed by atoms with E-state index < -0.39 is 0 Å². The van der Waals surface area contributed by atoms with Crippen LogP contribution in [0.2, 0.25) is 0 Å². The Morgan fingerprint density at radius 3 is 2.67 bits per heavy atom. The van der Waals surface area contributed by atoms with Crippen LogP contribution in [0, 0.1) is 6.92 Å². The number of aryl methyl sites for hydroxylation is 1. The highest BCUT2D eigenvalue weighted by Crippen LogP contribution is 2.36. The Labute approximate surface area is 73.6 Å². The van der Waals surface area contributed by atoms with Gasteiger partial charge in [0.1, 0.15) is 0 Å². The minimum absolute atomic E-state index is 0.604. The third-order valence-corrected chi connectivity index (χ3v) is 2.37. The topological polar surface area (TPSA) is 17.8 Å². The number of nitrogens with zero attached hydrogens (tertiary/aromatic N) is 2. The molecule has 0 spiro atoms. The predicted molar refractivity (Wildman–Crippen MR) is 49.3 cm³/mol. The van der Waals surface area contributed by atoms with Crippen molar-refractivity contribution in [2.24, 2.45) is 0 Å². The minimum atomic E-state index is 0.604. The first kappa shape index (κ1) is 7.84. The van der Waals surface area contributed by atoms with Crippen molar-refractivity contribution in [2.75, 3.05) is 0 Å². The summed E-state index contributed by atoms with van der Waals surface area (Å²) < 4.78 is 2.22. The predicted octanol–water partition coefficient (Wildman–Crippen LogP) is 2.65. The molecule has 66 valence electrons. The molecule has 0 amide bonds. The van der Waals surface area contributed by atoms with Gasteiger partial charge in [-0.3, -0.25) is 4.68 Å². The average Bonchev–Trinajstić information content (AvgIpc) is 2.75. The van der Waals surface area contributed by atoms with Gasteiger partial charge in [-0.05, 0) is 31.7 Å². The summed E-state index contributed by atoms with van der Waals surface area (Å²) in [5, 5.41) is 4.51. The molecule has 2 nitrogen and oxygen atoms in total. The highest BCUT2D eigenvalue weighted by Gasteiger charge is 2.27. The molecule has 2 rings (SSSR count). The Kier molecular flexibility index (Phi) is 1.71. The van der Waals surface area contributed by atoms with Crippen LogP contribution in [0.3, 0.4) is 0 Å². The molecule has 0 N–H and O–H groups in total. The molecular formula is C10H16N2. The number of rotatable bonds is 2. The van der Waals surface area contributed by atoms with E-state index in [-0.39, 0.29) is 0 Å². The van der Waals surface area contributed by atoms with Gasteiger partial charge in [0.2, 0.25) is 0 Å². The van der Waals surface area contributed by atoms with Crippen LogP contribution >= 0.6 is 0 Å². The van der Waals surface area contributed by atoms with Gasteiger partial charge in [0.25, 0.3) is 0 Å². The summed E-state index contributed by atoms with van der Waals surface area (Å²) in [6.07, 6.45) is 2.64. The SMILES string of the molecule is Cc1cc(C(C)C)n(C2CC2)n1. The molecule has 1 aliphatic rings. The fourth-order valence-corrected chi connectivity index (χ4v) is 1.58. The molecule has 1 aromatic rings. The van der Waals surface area contributed by atoms with Crippen LogP contribution in [-0.2, 0) is 0 Å². The lowest BCUT2D eigenvalue weighted by Crippen LogP contribution is -2.03. The van der Waals surface area contributed by atoms with Crippen LogP contribution in [0.4, 0.5) is 0 Å². The summed E-state index contributed by atoms with van der Waals surface area (Å²) in [5.41, 5.74) is 2.56. The van der Waals surface area contributed by atoms with Crippen molar-refractivity contribution in [1.29, 1.82) is 0 Å². The lowest BCUT2D eigenvalue weighted by molar-refractivity contribution is 0.580. The first-order valence-corrected chi connectivity index (χ1v) is 4.74. The smallest absolute Gasteiger partial charge is 0.0596 e. The van der Waals surface area contributed by atoms with Crippen molar-refractivity contribution in [3.63, 3.8) is 0 Å². The molecule has 0 saturated heterocycles. The Bertz CT molecular complexity index is 263. The maximum atomic E-state index is 4.51. The van der Waals surface area contributed by atoms with E-state index in [2.05, 4.69) is 36.6 Å². The van der Waals surface area contributed by atoms with E-state index in [1.165, 1.54) is 18.5 Å². The Hall–Kier alpha value is -0.790. The zero-order valence-corrected chi connectivity index (χ0v) is 8.04. The molecule has 2 heteroatoms. The van der Waals surface area contributed by atoms with Gasteiger partial charge in [-0.15, -0.1) is 0 Å². The van der Waals surface area contributed by atoms with Crippen molar-refractivity contribution in [3.05, 3.63) is 17.5 Å². The third kappa shape index (κ3) is 1.26. The molecule has 0 radical (unpaired) electrons. The fourth-order valence-electron chi connectivity index (χ4n) is 1.58.